The van der Waals surface area contributed by atoms with Gasteiger partial charge in [-0.25, -0.2) is 8.70 Å². The lowest BCUT2D eigenvalue weighted by Crippen LogP contribution is -2.55. The maximum atomic E-state index is 15.0. The Kier molecular flexibility index (Phi) is 10.3. The van der Waals surface area contributed by atoms with Crippen LogP contribution >= 0.6 is 0 Å². The van der Waals surface area contributed by atoms with Gasteiger partial charge in [-0.05, 0) is 43.0 Å². The molecular weight excluding hydrogens is 555 g/mol. The summed E-state index contributed by atoms with van der Waals surface area (Å²) in [6.45, 7) is 1.33. The molecule has 1 atom stereocenters. The van der Waals surface area contributed by atoms with E-state index in [1.807, 2.05) is 61.5 Å². The minimum atomic E-state index is -4.27. The molecule has 3 aromatic carbocycles. The monoisotopic (exact) mass is 594 g/mol. The van der Waals surface area contributed by atoms with Crippen molar-refractivity contribution in [3.63, 3.8) is 0 Å². The summed E-state index contributed by atoms with van der Waals surface area (Å²) in [5.41, 5.74) is 2.39. The molecule has 0 bridgehead atoms. The first-order chi connectivity index (χ1) is 20.1. The molecule has 1 saturated carbocycles. The number of aryl methyl sites for hydroxylation is 1. The summed E-state index contributed by atoms with van der Waals surface area (Å²) in [6, 6.07) is 21.6. The van der Waals surface area contributed by atoms with Crippen LogP contribution in [0.4, 0.5) is 10.1 Å². The second kappa shape index (κ2) is 13.9. The van der Waals surface area contributed by atoms with Gasteiger partial charge < -0.3 is 10.2 Å². The van der Waals surface area contributed by atoms with Crippen molar-refractivity contribution >= 4 is 27.7 Å². The van der Waals surface area contributed by atoms with Crippen LogP contribution in [0.3, 0.4) is 0 Å². The van der Waals surface area contributed by atoms with E-state index < -0.39 is 34.5 Å². The van der Waals surface area contributed by atoms with Gasteiger partial charge in [0.2, 0.25) is 11.8 Å². The number of hydrogen-bond donors (Lipinski definition) is 1. The lowest BCUT2D eigenvalue weighted by atomic mass is 10.0. The van der Waals surface area contributed by atoms with Gasteiger partial charge in [0.05, 0.1) is 5.69 Å². The lowest BCUT2D eigenvalue weighted by Gasteiger charge is -2.35. The fourth-order valence-corrected chi connectivity index (χ4v) is 6.35. The molecule has 224 valence electrons. The molecule has 2 amide bonds. The van der Waals surface area contributed by atoms with Crippen molar-refractivity contribution in [2.45, 2.75) is 57.7 Å². The molecule has 0 aliphatic heterocycles. The molecule has 1 aliphatic carbocycles. The van der Waals surface area contributed by atoms with Gasteiger partial charge >= 0.3 is 10.2 Å². The molecule has 0 radical (unpaired) electrons. The Hall–Kier alpha value is -3.76. The SMILES string of the molecule is Cc1cccc(CN(C(=O)CN(c2ccccc2F)S(=O)(=O)N(C)C)[C@H](Cc2ccccc2)C(=O)NC2CCCC2)c1. The van der Waals surface area contributed by atoms with E-state index in [2.05, 4.69) is 5.32 Å². The van der Waals surface area contributed by atoms with Crippen LogP contribution in [0, 0.1) is 12.7 Å². The average molecular weight is 595 g/mol. The highest BCUT2D eigenvalue weighted by molar-refractivity contribution is 7.90. The molecule has 0 saturated heterocycles. The molecule has 10 heteroatoms. The molecule has 42 heavy (non-hydrogen) atoms. The normalized spacial score (nSPS) is 14.5. The molecule has 0 unspecified atom stereocenters. The van der Waals surface area contributed by atoms with Gasteiger partial charge in [0, 0.05) is 33.1 Å². The van der Waals surface area contributed by atoms with Gasteiger partial charge in [0.15, 0.2) is 0 Å². The summed E-state index contributed by atoms with van der Waals surface area (Å²) in [6.07, 6.45) is 4.03. The van der Waals surface area contributed by atoms with Crippen LogP contribution in [0.5, 0.6) is 0 Å². The summed E-state index contributed by atoms with van der Waals surface area (Å²) in [4.78, 5) is 29.6. The first kappa shape index (κ1) is 31.2. The fraction of sp³-hybridized carbons (Fsp3) is 0.375. The van der Waals surface area contributed by atoms with Crippen LogP contribution < -0.4 is 9.62 Å². The second-order valence-electron chi connectivity index (χ2n) is 11.0. The highest BCUT2D eigenvalue weighted by Gasteiger charge is 2.36. The average Bonchev–Trinajstić information content (AvgIpc) is 3.47. The van der Waals surface area contributed by atoms with E-state index in [1.165, 1.54) is 37.2 Å². The Morgan fingerprint density at radius 3 is 2.21 bits per heavy atom. The van der Waals surface area contributed by atoms with Crippen LogP contribution in [0.1, 0.15) is 42.4 Å². The highest BCUT2D eigenvalue weighted by atomic mass is 32.2. The van der Waals surface area contributed by atoms with Crippen LogP contribution in [0.2, 0.25) is 0 Å². The largest absolute Gasteiger partial charge is 0.352 e. The van der Waals surface area contributed by atoms with Crippen LogP contribution in [0.15, 0.2) is 78.9 Å². The van der Waals surface area contributed by atoms with Crippen LogP contribution in [-0.2, 0) is 32.8 Å². The number of rotatable bonds is 12. The number of nitrogens with one attached hydrogen (secondary N) is 1. The third-order valence-corrected chi connectivity index (χ3v) is 9.35. The third-order valence-electron chi connectivity index (χ3n) is 7.55. The zero-order valence-electron chi connectivity index (χ0n) is 24.4. The van der Waals surface area contributed by atoms with Crippen molar-refractivity contribution < 1.29 is 22.4 Å². The summed E-state index contributed by atoms with van der Waals surface area (Å²) in [5.74, 6) is -1.69. The van der Waals surface area contributed by atoms with E-state index in [4.69, 9.17) is 0 Å². The maximum Gasteiger partial charge on any atom is 0.304 e. The fourth-order valence-electron chi connectivity index (χ4n) is 5.28. The molecule has 1 aliphatic rings. The van der Waals surface area contributed by atoms with Crippen molar-refractivity contribution in [3.8, 4) is 0 Å². The van der Waals surface area contributed by atoms with E-state index in [9.17, 15) is 22.4 Å². The number of nitrogens with zero attached hydrogens (tertiary/aromatic N) is 3. The van der Waals surface area contributed by atoms with Gasteiger partial charge in [-0.2, -0.15) is 12.7 Å². The van der Waals surface area contributed by atoms with Crippen LogP contribution in [0.25, 0.3) is 0 Å². The Balaban J connectivity index is 1.76. The van der Waals surface area contributed by atoms with Gasteiger partial charge in [-0.3, -0.25) is 9.59 Å². The number of carbonyl (C=O) groups is 2. The molecule has 0 heterocycles. The Bertz CT molecular complexity index is 1480. The van der Waals surface area contributed by atoms with Crippen molar-refractivity contribution in [2.24, 2.45) is 0 Å². The summed E-state index contributed by atoms with van der Waals surface area (Å²) < 4.78 is 43.5. The zero-order valence-corrected chi connectivity index (χ0v) is 25.2. The molecule has 0 aromatic heterocycles. The van der Waals surface area contributed by atoms with E-state index in [0.29, 0.717) is 0 Å². The minimum Gasteiger partial charge on any atom is -0.352 e. The standard InChI is InChI=1S/C32H39FN4O4S/c1-24-12-11-15-26(20-24)22-36(30(21-25-13-5-4-6-14-25)32(39)34-27-16-7-8-17-27)31(38)23-37(42(40,41)35(2)3)29-19-10-9-18-28(29)33/h4-6,9-15,18-20,27,30H,7-8,16-17,21-23H2,1-3H3,(H,34,39)/t30-/m1/s1. The molecule has 3 aromatic rings. The molecule has 4 rings (SSSR count). The number of anilines is 1. The minimum absolute atomic E-state index is 0.0238. The maximum absolute atomic E-state index is 15.0. The third kappa shape index (κ3) is 7.74. The van der Waals surface area contributed by atoms with E-state index in [-0.39, 0.29) is 30.6 Å². The number of hydrogen-bond acceptors (Lipinski definition) is 4. The van der Waals surface area contributed by atoms with Gasteiger partial charge in [-0.15, -0.1) is 0 Å². The first-order valence-corrected chi connectivity index (χ1v) is 15.6. The summed E-state index contributed by atoms with van der Waals surface area (Å²) in [7, 11) is -1.62. The van der Waals surface area contributed by atoms with Crippen molar-refractivity contribution in [3.05, 3.63) is 101 Å². The van der Waals surface area contributed by atoms with Crippen molar-refractivity contribution in [1.29, 1.82) is 0 Å². The Morgan fingerprint density at radius 2 is 1.57 bits per heavy atom. The van der Waals surface area contributed by atoms with Gasteiger partial charge in [0.1, 0.15) is 18.4 Å². The molecule has 1 fully saturated rings. The summed E-state index contributed by atoms with van der Waals surface area (Å²) in [5, 5.41) is 3.14. The lowest BCUT2D eigenvalue weighted by molar-refractivity contribution is -0.140. The number of amides is 2. The quantitative estimate of drug-likeness (QED) is 0.336. The van der Waals surface area contributed by atoms with E-state index in [1.54, 1.807) is 0 Å². The predicted molar refractivity (Wildman–Crippen MR) is 162 cm³/mol. The number of para-hydroxylation sites is 1. The first-order valence-electron chi connectivity index (χ1n) is 14.2. The highest BCUT2D eigenvalue weighted by Crippen LogP contribution is 2.25. The van der Waals surface area contributed by atoms with Gasteiger partial charge in [0.25, 0.3) is 0 Å². The van der Waals surface area contributed by atoms with Crippen molar-refractivity contribution in [1.82, 2.24) is 14.5 Å². The van der Waals surface area contributed by atoms with E-state index in [0.717, 1.165) is 57.1 Å². The van der Waals surface area contributed by atoms with Gasteiger partial charge in [-0.1, -0.05) is 85.1 Å². The second-order valence-corrected chi connectivity index (χ2v) is 13.0. The smallest absolute Gasteiger partial charge is 0.304 e. The molecular formula is C32H39FN4O4S. The zero-order chi connectivity index (χ0) is 30.3. The molecule has 8 nitrogen and oxygen atoms in total. The van der Waals surface area contributed by atoms with Crippen molar-refractivity contribution in [2.75, 3.05) is 24.9 Å². The number of benzene rings is 3. The Labute approximate surface area is 248 Å². The molecule has 0 spiro atoms. The molecule has 1 N–H and O–H groups in total. The Morgan fingerprint density at radius 1 is 0.929 bits per heavy atom. The van der Waals surface area contributed by atoms with Crippen LogP contribution in [-0.4, -0.2) is 62.2 Å². The predicted octanol–water partition coefficient (Wildman–Crippen LogP) is 4.45. The number of halogens is 1. The summed E-state index contributed by atoms with van der Waals surface area (Å²) >= 11 is 0. The van der Waals surface area contributed by atoms with E-state index >= 15 is 0 Å². The topological polar surface area (TPSA) is 90.0 Å². The number of carbonyl (C=O) groups excluding carboxylic acids is 2.